The molecule has 8 nitrogen and oxygen atoms in total. The fourth-order valence-corrected chi connectivity index (χ4v) is 2.10. The zero-order valence-electron chi connectivity index (χ0n) is 16.2. The van der Waals surface area contributed by atoms with Gasteiger partial charge in [0.15, 0.2) is 0 Å². The van der Waals surface area contributed by atoms with Crippen molar-refractivity contribution in [2.45, 2.75) is 0 Å². The first-order valence-corrected chi connectivity index (χ1v) is 9.19. The van der Waals surface area contributed by atoms with E-state index in [0.717, 1.165) is 10.1 Å². The van der Waals surface area contributed by atoms with Crippen LogP contribution in [0, 0.1) is 0 Å². The van der Waals surface area contributed by atoms with Crippen molar-refractivity contribution in [2.24, 2.45) is 0 Å². The molecule has 0 saturated carbocycles. The first-order valence-electron chi connectivity index (χ1n) is 8.06. The van der Waals surface area contributed by atoms with Crippen LogP contribution in [0.25, 0.3) is 0 Å². The van der Waals surface area contributed by atoms with Gasteiger partial charge in [-0.3, -0.25) is 9.68 Å². The van der Waals surface area contributed by atoms with Crippen molar-refractivity contribution in [3.8, 4) is 0 Å². The average molecular weight is 464 g/mol. The summed E-state index contributed by atoms with van der Waals surface area (Å²) in [6.45, 7) is 0. The van der Waals surface area contributed by atoms with Crippen LogP contribution >= 0.6 is 34.8 Å². The summed E-state index contributed by atoms with van der Waals surface area (Å²) >= 11 is 17.2. The van der Waals surface area contributed by atoms with Gasteiger partial charge in [-0.2, -0.15) is 0 Å². The molecule has 0 spiro atoms. The van der Waals surface area contributed by atoms with Crippen LogP contribution in [0.5, 0.6) is 0 Å². The number of nitrogens with zero attached hydrogens (tertiary/aromatic N) is 2. The van der Waals surface area contributed by atoms with Crippen LogP contribution in [0.4, 0.5) is 21.0 Å². The lowest BCUT2D eigenvalue weighted by Gasteiger charge is -2.14. The fraction of sp³-hybridized carbons (Fsp3) is 0.222. The number of hydroxylamine groups is 4. The lowest BCUT2D eigenvalue weighted by atomic mass is 10.3. The van der Waals surface area contributed by atoms with Gasteiger partial charge in [-0.1, -0.05) is 34.8 Å². The van der Waals surface area contributed by atoms with Crippen LogP contribution in [0.1, 0.15) is 0 Å². The van der Waals surface area contributed by atoms with E-state index in [2.05, 4.69) is 10.6 Å². The summed E-state index contributed by atoms with van der Waals surface area (Å²) < 4.78 is 0. The van der Waals surface area contributed by atoms with Gasteiger partial charge in [-0.25, -0.2) is 19.7 Å². The standard InChI is InChI=1S/C9H10Cl2N2O2.C9H11ClN2O2/c1-13(15-2)9(14)12-6-3-4-7(10)8(11)5-6;1-12(14-2)9(13)11-8-5-3-7(10)4-6-8/h3-5H,1-2H3,(H,12,14);3-6H,1-2H3,(H,11,13). The largest absolute Gasteiger partial charge is 0.345 e. The third kappa shape index (κ3) is 8.76. The van der Waals surface area contributed by atoms with Crippen molar-refractivity contribution >= 4 is 58.2 Å². The van der Waals surface area contributed by atoms with Gasteiger partial charge >= 0.3 is 12.1 Å². The lowest BCUT2D eigenvalue weighted by Crippen LogP contribution is -2.30. The first kappa shape index (κ1) is 24.8. The molecule has 0 unspecified atom stereocenters. The summed E-state index contributed by atoms with van der Waals surface area (Å²) in [5.74, 6) is 0. The van der Waals surface area contributed by atoms with E-state index >= 15 is 0 Å². The SMILES string of the molecule is CON(C)C(=O)Nc1ccc(Cl)c(Cl)c1.CON(C)C(=O)Nc1ccc(Cl)cc1. The second kappa shape index (κ2) is 12.4. The van der Waals surface area contributed by atoms with Gasteiger partial charge in [0, 0.05) is 30.5 Å². The maximum absolute atomic E-state index is 11.4. The quantitative estimate of drug-likeness (QED) is 0.596. The number of benzene rings is 2. The summed E-state index contributed by atoms with van der Waals surface area (Å²) in [6.07, 6.45) is 0. The molecule has 11 heteroatoms. The molecule has 4 amide bonds. The van der Waals surface area contributed by atoms with Crippen molar-refractivity contribution in [2.75, 3.05) is 38.9 Å². The molecular weight excluding hydrogens is 443 g/mol. The van der Waals surface area contributed by atoms with Crippen molar-refractivity contribution in [3.05, 3.63) is 57.5 Å². The third-order valence-electron chi connectivity index (χ3n) is 3.39. The Labute approximate surface area is 184 Å². The van der Waals surface area contributed by atoms with Crippen LogP contribution in [-0.2, 0) is 9.68 Å². The van der Waals surface area contributed by atoms with Crippen LogP contribution in [-0.4, -0.2) is 50.5 Å². The molecule has 0 aromatic heterocycles. The van der Waals surface area contributed by atoms with Gasteiger partial charge in [-0.05, 0) is 42.5 Å². The summed E-state index contributed by atoms with van der Waals surface area (Å²) in [6, 6.07) is 10.9. The number of halogens is 3. The average Bonchev–Trinajstić information content (AvgIpc) is 2.71. The predicted octanol–water partition coefficient (Wildman–Crippen LogP) is 5.38. The second-order valence-electron chi connectivity index (χ2n) is 5.36. The Morgan fingerprint density at radius 3 is 1.66 bits per heavy atom. The Bertz CT molecular complexity index is 821. The first-order chi connectivity index (χ1) is 13.7. The molecule has 0 aliphatic rings. The number of carbonyl (C=O) groups excluding carboxylic acids is 2. The fourth-order valence-electron chi connectivity index (χ4n) is 1.68. The van der Waals surface area contributed by atoms with Crippen LogP contribution < -0.4 is 10.6 Å². The summed E-state index contributed by atoms with van der Waals surface area (Å²) in [5.41, 5.74) is 1.22. The maximum atomic E-state index is 11.4. The number of anilines is 2. The zero-order chi connectivity index (χ0) is 22.0. The van der Waals surface area contributed by atoms with Crippen LogP contribution in [0.15, 0.2) is 42.5 Å². The molecular formula is C18H21Cl3N4O4. The summed E-state index contributed by atoms with van der Waals surface area (Å²) in [4.78, 5) is 32.0. The van der Waals surface area contributed by atoms with E-state index in [9.17, 15) is 9.59 Å². The minimum atomic E-state index is -0.393. The van der Waals surface area contributed by atoms with E-state index in [4.69, 9.17) is 44.5 Å². The maximum Gasteiger partial charge on any atom is 0.345 e. The molecule has 0 heterocycles. The van der Waals surface area contributed by atoms with E-state index in [1.54, 1.807) is 42.5 Å². The van der Waals surface area contributed by atoms with Gasteiger partial charge < -0.3 is 10.6 Å². The molecule has 2 aromatic rings. The van der Waals surface area contributed by atoms with E-state index in [1.807, 2.05) is 0 Å². The molecule has 2 aromatic carbocycles. The summed E-state index contributed by atoms with van der Waals surface area (Å²) in [7, 11) is 5.83. The Morgan fingerprint density at radius 1 is 0.759 bits per heavy atom. The molecule has 0 radical (unpaired) electrons. The minimum absolute atomic E-state index is 0.338. The smallest absolute Gasteiger partial charge is 0.306 e. The minimum Gasteiger partial charge on any atom is -0.306 e. The summed E-state index contributed by atoms with van der Waals surface area (Å²) in [5, 5.41) is 8.80. The van der Waals surface area contributed by atoms with E-state index in [1.165, 1.54) is 28.3 Å². The van der Waals surface area contributed by atoms with E-state index in [0.29, 0.717) is 26.4 Å². The molecule has 0 fully saturated rings. The number of amides is 4. The van der Waals surface area contributed by atoms with Gasteiger partial charge in [0.2, 0.25) is 0 Å². The zero-order valence-corrected chi connectivity index (χ0v) is 18.5. The molecule has 2 rings (SSSR count). The van der Waals surface area contributed by atoms with Gasteiger partial charge in [0.05, 0.1) is 24.3 Å². The molecule has 0 aliphatic carbocycles. The second-order valence-corrected chi connectivity index (χ2v) is 6.61. The highest BCUT2D eigenvalue weighted by atomic mass is 35.5. The Kier molecular flexibility index (Phi) is 10.6. The number of nitrogens with one attached hydrogen (secondary N) is 2. The third-order valence-corrected chi connectivity index (χ3v) is 4.38. The number of urea groups is 2. The topological polar surface area (TPSA) is 83.1 Å². The monoisotopic (exact) mass is 462 g/mol. The molecule has 0 atom stereocenters. The molecule has 158 valence electrons. The van der Waals surface area contributed by atoms with Crippen molar-refractivity contribution in [1.29, 1.82) is 0 Å². The number of hydrogen-bond acceptors (Lipinski definition) is 4. The van der Waals surface area contributed by atoms with Gasteiger partial charge in [0.25, 0.3) is 0 Å². The highest BCUT2D eigenvalue weighted by Crippen LogP contribution is 2.25. The van der Waals surface area contributed by atoms with Gasteiger partial charge in [0.1, 0.15) is 0 Å². The highest BCUT2D eigenvalue weighted by Gasteiger charge is 2.08. The van der Waals surface area contributed by atoms with Crippen molar-refractivity contribution in [1.82, 2.24) is 10.1 Å². The Morgan fingerprint density at radius 2 is 1.21 bits per heavy atom. The normalized spacial score (nSPS) is 9.76. The lowest BCUT2D eigenvalue weighted by molar-refractivity contribution is -0.0598. The Balaban J connectivity index is 0.000000291. The predicted molar refractivity (Wildman–Crippen MR) is 115 cm³/mol. The van der Waals surface area contributed by atoms with Crippen molar-refractivity contribution < 1.29 is 19.3 Å². The number of rotatable bonds is 4. The molecule has 0 saturated heterocycles. The highest BCUT2D eigenvalue weighted by molar-refractivity contribution is 6.42. The molecule has 2 N–H and O–H groups in total. The molecule has 0 bridgehead atoms. The van der Waals surface area contributed by atoms with Crippen LogP contribution in [0.3, 0.4) is 0 Å². The van der Waals surface area contributed by atoms with Crippen LogP contribution in [0.2, 0.25) is 15.1 Å². The van der Waals surface area contributed by atoms with E-state index < -0.39 is 6.03 Å². The molecule has 29 heavy (non-hydrogen) atoms. The Hall–Kier alpha value is -2.23. The van der Waals surface area contributed by atoms with Crippen molar-refractivity contribution in [3.63, 3.8) is 0 Å². The van der Waals surface area contributed by atoms with Gasteiger partial charge in [-0.15, -0.1) is 0 Å². The number of hydrogen-bond donors (Lipinski definition) is 2. The number of carbonyl (C=O) groups is 2. The van der Waals surface area contributed by atoms with E-state index in [-0.39, 0.29) is 6.03 Å². The molecule has 0 aliphatic heterocycles.